The molecule has 2 N–H and O–H groups in total. The van der Waals surface area contributed by atoms with Crippen LogP contribution in [0.25, 0.3) is 0 Å². The van der Waals surface area contributed by atoms with Gasteiger partial charge in [0, 0.05) is 12.7 Å². The number of aromatic nitrogens is 1. The van der Waals surface area contributed by atoms with Gasteiger partial charge in [-0.25, -0.2) is 13.6 Å². The Kier molecular flexibility index (Phi) is 4.77. The largest absolute Gasteiger partial charge is 0.462 e. The van der Waals surface area contributed by atoms with E-state index in [-0.39, 0.29) is 29.4 Å². The topological polar surface area (TPSA) is 65.2 Å². The Bertz CT molecular complexity index is 427. The van der Waals surface area contributed by atoms with Crippen molar-refractivity contribution in [2.75, 3.05) is 6.61 Å². The molecule has 0 saturated carbocycles. The molecule has 17 heavy (non-hydrogen) atoms. The summed E-state index contributed by atoms with van der Waals surface area (Å²) in [6.07, 6.45) is -1.84. The second-order valence-corrected chi connectivity index (χ2v) is 3.47. The summed E-state index contributed by atoms with van der Waals surface area (Å²) in [5.74, 6) is -0.891. The first-order valence-corrected chi connectivity index (χ1v) is 5.23. The van der Waals surface area contributed by atoms with Crippen molar-refractivity contribution in [3.63, 3.8) is 0 Å². The fourth-order valence-corrected chi connectivity index (χ4v) is 1.57. The van der Waals surface area contributed by atoms with E-state index >= 15 is 0 Å². The van der Waals surface area contributed by atoms with Crippen LogP contribution in [0.3, 0.4) is 0 Å². The van der Waals surface area contributed by atoms with Crippen molar-refractivity contribution in [3.05, 3.63) is 28.0 Å². The number of halogens is 3. The molecule has 1 heterocycles. The second-order valence-electron chi connectivity index (χ2n) is 3.07. The van der Waals surface area contributed by atoms with Crippen LogP contribution >= 0.6 is 11.6 Å². The van der Waals surface area contributed by atoms with Crippen LogP contribution in [0.5, 0.6) is 0 Å². The predicted octanol–water partition coefficient (Wildman–Crippen LogP) is 2.31. The SMILES string of the molecule is CCOC(=O)c1c(CN)ncc(Cl)c1C(F)F. The Hall–Kier alpha value is -1.27. The van der Waals surface area contributed by atoms with Crippen molar-refractivity contribution in [3.8, 4) is 0 Å². The molecule has 0 saturated heterocycles. The number of hydrogen-bond donors (Lipinski definition) is 1. The number of carbonyl (C=O) groups excluding carboxylic acids is 1. The molecule has 1 aromatic heterocycles. The van der Waals surface area contributed by atoms with Crippen molar-refractivity contribution >= 4 is 17.6 Å². The van der Waals surface area contributed by atoms with Crippen LogP contribution in [-0.2, 0) is 11.3 Å². The van der Waals surface area contributed by atoms with Gasteiger partial charge in [-0.2, -0.15) is 0 Å². The number of esters is 1. The third kappa shape index (κ3) is 2.89. The van der Waals surface area contributed by atoms with Crippen LogP contribution in [0.15, 0.2) is 6.20 Å². The fraction of sp³-hybridized carbons (Fsp3) is 0.400. The highest BCUT2D eigenvalue weighted by atomic mass is 35.5. The van der Waals surface area contributed by atoms with Crippen LogP contribution in [-0.4, -0.2) is 17.6 Å². The molecule has 7 heteroatoms. The van der Waals surface area contributed by atoms with Gasteiger partial charge in [0.15, 0.2) is 0 Å². The zero-order valence-corrected chi connectivity index (χ0v) is 9.80. The second kappa shape index (κ2) is 5.88. The zero-order chi connectivity index (χ0) is 13.0. The van der Waals surface area contributed by atoms with E-state index in [4.69, 9.17) is 17.3 Å². The number of hydrogen-bond acceptors (Lipinski definition) is 4. The van der Waals surface area contributed by atoms with Crippen molar-refractivity contribution in [2.24, 2.45) is 5.73 Å². The van der Waals surface area contributed by atoms with Crippen LogP contribution in [0, 0.1) is 0 Å². The zero-order valence-electron chi connectivity index (χ0n) is 9.04. The Morgan fingerprint density at radius 3 is 2.76 bits per heavy atom. The first kappa shape index (κ1) is 13.8. The van der Waals surface area contributed by atoms with Gasteiger partial charge in [-0.1, -0.05) is 11.6 Å². The molecule has 0 aromatic carbocycles. The van der Waals surface area contributed by atoms with Gasteiger partial charge < -0.3 is 10.5 Å². The minimum absolute atomic E-state index is 0.0446. The highest BCUT2D eigenvalue weighted by molar-refractivity contribution is 6.31. The summed E-state index contributed by atoms with van der Waals surface area (Å²) < 4.78 is 30.4. The van der Waals surface area contributed by atoms with E-state index in [1.54, 1.807) is 6.92 Å². The molecular formula is C10H11ClF2N2O2. The summed E-state index contributed by atoms with van der Waals surface area (Å²) in [5.41, 5.74) is 4.47. The van der Waals surface area contributed by atoms with E-state index in [2.05, 4.69) is 9.72 Å². The molecule has 0 fully saturated rings. The average molecular weight is 265 g/mol. The Labute approximate surface area is 102 Å². The molecule has 0 atom stereocenters. The Morgan fingerprint density at radius 1 is 1.65 bits per heavy atom. The molecule has 0 bridgehead atoms. The summed E-state index contributed by atoms with van der Waals surface area (Å²) in [6, 6.07) is 0. The number of alkyl halides is 2. The Morgan fingerprint density at radius 2 is 2.29 bits per heavy atom. The van der Waals surface area contributed by atoms with E-state index < -0.39 is 18.0 Å². The molecule has 1 rings (SSSR count). The molecule has 94 valence electrons. The van der Waals surface area contributed by atoms with E-state index in [1.807, 2.05) is 0 Å². The van der Waals surface area contributed by atoms with Gasteiger partial charge >= 0.3 is 5.97 Å². The maximum atomic E-state index is 12.8. The summed E-state index contributed by atoms with van der Waals surface area (Å²) in [7, 11) is 0. The average Bonchev–Trinajstić information content (AvgIpc) is 2.28. The van der Waals surface area contributed by atoms with E-state index in [0.29, 0.717) is 0 Å². The lowest BCUT2D eigenvalue weighted by molar-refractivity contribution is 0.0513. The highest BCUT2D eigenvalue weighted by Crippen LogP contribution is 2.31. The number of nitrogens with two attached hydrogens (primary N) is 1. The standard InChI is InChI=1S/C10H11ClF2N2O2/c1-2-17-10(16)8-6(3-14)15-4-5(11)7(8)9(12)13/h4,9H,2-3,14H2,1H3. The smallest absolute Gasteiger partial charge is 0.340 e. The number of nitrogens with zero attached hydrogens (tertiary/aromatic N) is 1. The maximum absolute atomic E-state index is 12.8. The lowest BCUT2D eigenvalue weighted by Crippen LogP contribution is -2.16. The quantitative estimate of drug-likeness (QED) is 0.848. The molecule has 0 amide bonds. The maximum Gasteiger partial charge on any atom is 0.340 e. The molecule has 0 spiro atoms. The molecule has 0 unspecified atom stereocenters. The van der Waals surface area contributed by atoms with Crippen molar-refractivity contribution in [1.82, 2.24) is 4.98 Å². The minimum Gasteiger partial charge on any atom is -0.462 e. The third-order valence-corrected chi connectivity index (χ3v) is 2.34. The number of rotatable bonds is 4. The van der Waals surface area contributed by atoms with Gasteiger partial charge in [0.1, 0.15) is 0 Å². The monoisotopic (exact) mass is 264 g/mol. The van der Waals surface area contributed by atoms with Gasteiger partial charge in [-0.3, -0.25) is 4.98 Å². The Balaban J connectivity index is 3.40. The molecule has 0 aliphatic rings. The van der Waals surface area contributed by atoms with E-state index in [1.165, 1.54) is 0 Å². The van der Waals surface area contributed by atoms with E-state index in [9.17, 15) is 13.6 Å². The van der Waals surface area contributed by atoms with Crippen molar-refractivity contribution < 1.29 is 18.3 Å². The molecule has 1 aromatic rings. The molecular weight excluding hydrogens is 254 g/mol. The predicted molar refractivity (Wildman–Crippen MR) is 58.1 cm³/mol. The lowest BCUT2D eigenvalue weighted by Gasteiger charge is -2.12. The highest BCUT2D eigenvalue weighted by Gasteiger charge is 2.26. The third-order valence-electron chi connectivity index (χ3n) is 2.04. The summed E-state index contributed by atoms with van der Waals surface area (Å²) in [4.78, 5) is 15.3. The fourth-order valence-electron chi connectivity index (χ4n) is 1.34. The van der Waals surface area contributed by atoms with Gasteiger partial charge in [0.2, 0.25) is 0 Å². The van der Waals surface area contributed by atoms with Gasteiger partial charge in [-0.15, -0.1) is 0 Å². The van der Waals surface area contributed by atoms with Crippen LogP contribution in [0.2, 0.25) is 5.02 Å². The lowest BCUT2D eigenvalue weighted by atomic mass is 10.1. The van der Waals surface area contributed by atoms with Gasteiger partial charge in [0.25, 0.3) is 6.43 Å². The molecule has 0 radical (unpaired) electrons. The summed E-state index contributed by atoms with van der Waals surface area (Å²) in [6.45, 7) is 1.49. The number of carbonyl (C=O) groups is 1. The summed E-state index contributed by atoms with van der Waals surface area (Å²) >= 11 is 5.61. The van der Waals surface area contributed by atoms with E-state index in [0.717, 1.165) is 6.20 Å². The minimum atomic E-state index is -2.89. The van der Waals surface area contributed by atoms with Crippen molar-refractivity contribution in [1.29, 1.82) is 0 Å². The van der Waals surface area contributed by atoms with Crippen molar-refractivity contribution in [2.45, 2.75) is 19.9 Å². The number of ether oxygens (including phenoxy) is 1. The van der Waals surface area contributed by atoms with Gasteiger partial charge in [-0.05, 0) is 6.92 Å². The van der Waals surface area contributed by atoms with Gasteiger partial charge in [0.05, 0.1) is 28.5 Å². The number of pyridine rings is 1. The molecule has 0 aliphatic carbocycles. The first-order chi connectivity index (χ1) is 8.02. The van der Waals surface area contributed by atoms with Crippen LogP contribution in [0.4, 0.5) is 8.78 Å². The molecule has 4 nitrogen and oxygen atoms in total. The summed E-state index contributed by atoms with van der Waals surface area (Å²) in [5, 5.41) is -0.278. The van der Waals surface area contributed by atoms with Crippen LogP contribution in [0.1, 0.15) is 35.0 Å². The first-order valence-electron chi connectivity index (χ1n) is 4.85. The van der Waals surface area contributed by atoms with Crippen LogP contribution < -0.4 is 5.73 Å². The molecule has 0 aliphatic heterocycles. The normalized spacial score (nSPS) is 10.7.